The molecule has 0 radical (unpaired) electrons. The third-order valence-electron chi connectivity index (χ3n) is 4.91. The third-order valence-corrected chi connectivity index (χ3v) is 4.91. The molecule has 2 aromatic heterocycles. The number of anilines is 1. The highest BCUT2D eigenvalue weighted by molar-refractivity contribution is 5.92. The van der Waals surface area contributed by atoms with Gasteiger partial charge in [-0.15, -0.1) is 0 Å². The predicted octanol–water partition coefficient (Wildman–Crippen LogP) is 1.50. The number of nitrogens with two attached hydrogens (primary N) is 1. The minimum absolute atomic E-state index is 0.00255. The molecule has 0 aromatic carbocycles. The van der Waals surface area contributed by atoms with E-state index in [-0.39, 0.29) is 22.8 Å². The molecule has 8 heteroatoms. The quantitative estimate of drug-likeness (QED) is 0.873. The maximum atomic E-state index is 14.6. The van der Waals surface area contributed by atoms with E-state index in [0.717, 1.165) is 25.3 Å². The van der Waals surface area contributed by atoms with Crippen molar-refractivity contribution in [1.82, 2.24) is 9.55 Å². The van der Waals surface area contributed by atoms with Crippen LogP contribution in [0.25, 0.3) is 11.0 Å². The lowest BCUT2D eigenvalue weighted by Crippen LogP contribution is -2.39. The summed E-state index contributed by atoms with van der Waals surface area (Å²) in [5.74, 6) is -1.78. The molecule has 1 saturated heterocycles. The Bertz CT molecular complexity index is 949. The van der Waals surface area contributed by atoms with Gasteiger partial charge in [0.15, 0.2) is 11.6 Å². The fraction of sp³-hybridized carbons (Fsp3) is 0.471. The first-order valence-corrected chi connectivity index (χ1v) is 8.29. The number of pyridine rings is 2. The van der Waals surface area contributed by atoms with Gasteiger partial charge < -0.3 is 20.3 Å². The van der Waals surface area contributed by atoms with E-state index in [1.54, 1.807) is 9.47 Å². The van der Waals surface area contributed by atoms with Crippen LogP contribution in [0, 0.1) is 5.82 Å². The van der Waals surface area contributed by atoms with Gasteiger partial charge in [-0.2, -0.15) is 0 Å². The molecule has 0 bridgehead atoms. The van der Waals surface area contributed by atoms with Crippen LogP contribution in [0.15, 0.2) is 17.1 Å². The van der Waals surface area contributed by atoms with E-state index in [4.69, 9.17) is 5.73 Å². The average molecular weight is 346 g/mol. The van der Waals surface area contributed by atoms with Crippen molar-refractivity contribution in [2.75, 3.05) is 18.0 Å². The molecule has 2 fully saturated rings. The Morgan fingerprint density at radius 3 is 2.76 bits per heavy atom. The summed E-state index contributed by atoms with van der Waals surface area (Å²) in [6.07, 6.45) is 3.82. The van der Waals surface area contributed by atoms with Crippen molar-refractivity contribution in [2.45, 2.75) is 37.8 Å². The molecule has 1 atom stereocenters. The van der Waals surface area contributed by atoms with Crippen LogP contribution < -0.4 is 16.1 Å². The minimum atomic E-state index is -1.32. The smallest absolute Gasteiger partial charge is 0.341 e. The topological polar surface area (TPSA) is 101 Å². The molecular formula is C17H19FN4O3. The van der Waals surface area contributed by atoms with Gasteiger partial charge >= 0.3 is 5.97 Å². The van der Waals surface area contributed by atoms with Crippen LogP contribution in [0.2, 0.25) is 0 Å². The van der Waals surface area contributed by atoms with Crippen LogP contribution in [-0.4, -0.2) is 39.3 Å². The molecule has 3 heterocycles. The number of halogens is 1. The number of carbonyl (C=O) groups is 1. The molecule has 0 spiro atoms. The van der Waals surface area contributed by atoms with Gasteiger partial charge in [0.2, 0.25) is 5.43 Å². The van der Waals surface area contributed by atoms with E-state index in [0.29, 0.717) is 18.7 Å². The van der Waals surface area contributed by atoms with Gasteiger partial charge in [-0.25, -0.2) is 14.2 Å². The maximum absolute atomic E-state index is 14.6. The van der Waals surface area contributed by atoms with Crippen LogP contribution in [0.1, 0.15) is 42.6 Å². The van der Waals surface area contributed by atoms with E-state index in [1.165, 1.54) is 6.20 Å². The molecule has 7 nitrogen and oxygen atoms in total. The van der Waals surface area contributed by atoms with Crippen LogP contribution in [0.4, 0.5) is 10.2 Å². The number of rotatable bonds is 3. The zero-order valence-electron chi connectivity index (χ0n) is 13.8. The predicted molar refractivity (Wildman–Crippen MR) is 90.6 cm³/mol. The van der Waals surface area contributed by atoms with Gasteiger partial charge in [0.05, 0.1) is 5.39 Å². The van der Waals surface area contributed by atoms with Crippen molar-refractivity contribution >= 4 is 22.8 Å². The largest absolute Gasteiger partial charge is 0.477 e. The molecule has 132 valence electrons. The summed E-state index contributed by atoms with van der Waals surface area (Å²) in [7, 11) is 0. The van der Waals surface area contributed by atoms with E-state index in [1.807, 2.05) is 6.92 Å². The van der Waals surface area contributed by atoms with Crippen molar-refractivity contribution in [2.24, 2.45) is 5.73 Å². The molecule has 2 aliphatic rings. The standard InChI is InChI=1S/C17H19FN4O3/c1-17(19)4-5-21(8-17)15-12(18)6-10-13(23)11(16(24)25)7-22(9-2-3-9)14(10)20-15/h6-7,9H,2-5,8,19H2,1H3,(H,24,25). The lowest BCUT2D eigenvalue weighted by atomic mass is 10.0. The summed E-state index contributed by atoms with van der Waals surface area (Å²) in [5.41, 5.74) is 4.98. The Morgan fingerprint density at radius 1 is 1.48 bits per heavy atom. The lowest BCUT2D eigenvalue weighted by Gasteiger charge is -2.22. The monoisotopic (exact) mass is 346 g/mol. The number of fused-ring (bicyclic) bond motifs is 1. The number of nitrogens with zero attached hydrogens (tertiary/aromatic N) is 3. The number of carboxylic acid groups (broad SMARTS) is 1. The Kier molecular flexibility index (Phi) is 3.37. The number of hydrogen-bond acceptors (Lipinski definition) is 5. The highest BCUT2D eigenvalue weighted by Gasteiger charge is 2.33. The zero-order chi connectivity index (χ0) is 17.9. The zero-order valence-corrected chi connectivity index (χ0v) is 13.8. The molecule has 0 amide bonds. The Labute approximate surface area is 142 Å². The number of carboxylic acids is 1. The van der Waals surface area contributed by atoms with Crippen molar-refractivity contribution in [3.63, 3.8) is 0 Å². The number of aromatic carboxylic acids is 1. The molecule has 25 heavy (non-hydrogen) atoms. The van der Waals surface area contributed by atoms with Gasteiger partial charge in [0.25, 0.3) is 0 Å². The lowest BCUT2D eigenvalue weighted by molar-refractivity contribution is 0.0695. The molecule has 1 saturated carbocycles. The summed E-state index contributed by atoms with van der Waals surface area (Å²) in [6.45, 7) is 2.97. The minimum Gasteiger partial charge on any atom is -0.477 e. The summed E-state index contributed by atoms with van der Waals surface area (Å²) < 4.78 is 16.3. The van der Waals surface area contributed by atoms with E-state index >= 15 is 0 Å². The number of aromatic nitrogens is 2. The second kappa shape index (κ2) is 5.26. The first-order valence-electron chi connectivity index (χ1n) is 8.29. The van der Waals surface area contributed by atoms with Gasteiger partial charge in [-0.05, 0) is 32.3 Å². The summed E-state index contributed by atoms with van der Waals surface area (Å²) >= 11 is 0. The first-order chi connectivity index (χ1) is 11.8. The van der Waals surface area contributed by atoms with Gasteiger partial charge in [-0.3, -0.25) is 4.79 Å². The summed E-state index contributed by atoms with van der Waals surface area (Å²) in [5, 5.41) is 9.26. The first kappa shape index (κ1) is 16.0. The summed E-state index contributed by atoms with van der Waals surface area (Å²) in [4.78, 5) is 30.0. The SMILES string of the molecule is CC1(N)CCN(c2nc3c(cc2F)c(=O)c(C(=O)O)cn3C2CC2)C1. The van der Waals surface area contributed by atoms with Gasteiger partial charge in [-0.1, -0.05) is 0 Å². The van der Waals surface area contributed by atoms with Crippen molar-refractivity contribution in [3.8, 4) is 0 Å². The second-order valence-corrected chi connectivity index (χ2v) is 7.31. The highest BCUT2D eigenvalue weighted by Crippen LogP contribution is 2.37. The normalized spacial score (nSPS) is 23.4. The van der Waals surface area contributed by atoms with E-state index in [2.05, 4.69) is 4.98 Å². The van der Waals surface area contributed by atoms with E-state index in [9.17, 15) is 19.1 Å². The summed E-state index contributed by atoms with van der Waals surface area (Å²) in [6, 6.07) is 1.21. The molecule has 1 aliphatic carbocycles. The molecule has 2 aromatic rings. The van der Waals surface area contributed by atoms with Crippen LogP contribution >= 0.6 is 0 Å². The fourth-order valence-electron chi connectivity index (χ4n) is 3.41. The Balaban J connectivity index is 1.93. The maximum Gasteiger partial charge on any atom is 0.341 e. The Morgan fingerprint density at radius 2 is 2.20 bits per heavy atom. The molecule has 3 N–H and O–H groups in total. The Hall–Kier alpha value is -2.48. The number of hydrogen-bond donors (Lipinski definition) is 2. The second-order valence-electron chi connectivity index (χ2n) is 7.31. The van der Waals surface area contributed by atoms with Crippen LogP contribution in [0.3, 0.4) is 0 Å². The molecular weight excluding hydrogens is 327 g/mol. The van der Waals surface area contributed by atoms with Gasteiger partial charge in [0, 0.05) is 30.9 Å². The molecule has 4 rings (SSSR count). The molecule has 1 unspecified atom stereocenters. The van der Waals surface area contributed by atoms with Crippen molar-refractivity contribution in [3.05, 3.63) is 33.9 Å². The van der Waals surface area contributed by atoms with E-state index < -0.39 is 22.8 Å². The van der Waals surface area contributed by atoms with Crippen LogP contribution in [-0.2, 0) is 0 Å². The fourth-order valence-corrected chi connectivity index (χ4v) is 3.41. The average Bonchev–Trinajstić information content (AvgIpc) is 3.31. The van der Waals surface area contributed by atoms with Crippen molar-refractivity contribution in [1.29, 1.82) is 0 Å². The van der Waals surface area contributed by atoms with Crippen LogP contribution in [0.5, 0.6) is 0 Å². The van der Waals surface area contributed by atoms with Gasteiger partial charge in [0.1, 0.15) is 11.2 Å². The highest BCUT2D eigenvalue weighted by atomic mass is 19.1. The van der Waals surface area contributed by atoms with Crippen molar-refractivity contribution < 1.29 is 14.3 Å². The molecule has 1 aliphatic heterocycles. The third kappa shape index (κ3) is 2.66.